The molecule has 54 valence electrons. The van der Waals surface area contributed by atoms with Gasteiger partial charge in [0.1, 0.15) is 10.7 Å². The molecular weight excluding hydrogens is 164 g/mol. The topological polar surface area (TPSA) is 25.8 Å². The Kier molecular flexibility index (Phi) is 2.45. The molecule has 10 heavy (non-hydrogen) atoms. The molecule has 0 saturated heterocycles. The summed E-state index contributed by atoms with van der Waals surface area (Å²) in [6, 6.07) is 0. The van der Waals surface area contributed by atoms with E-state index in [1.165, 1.54) is 11.7 Å². The highest BCUT2D eigenvalue weighted by molar-refractivity contribution is 7.98. The SMILES string of the molecule is C=C(C)c1nsnc1SC. The summed E-state index contributed by atoms with van der Waals surface area (Å²) in [5.41, 5.74) is 1.93. The Labute approximate surface area is 68.7 Å². The first-order chi connectivity index (χ1) is 4.75. The van der Waals surface area contributed by atoms with Gasteiger partial charge in [-0.1, -0.05) is 6.58 Å². The number of aromatic nitrogens is 2. The highest BCUT2D eigenvalue weighted by Gasteiger charge is 2.05. The number of hydrogen-bond donors (Lipinski definition) is 0. The third-order valence-corrected chi connectivity index (χ3v) is 2.37. The summed E-state index contributed by atoms with van der Waals surface area (Å²) in [6.07, 6.45) is 1.99. The molecule has 0 bridgehead atoms. The van der Waals surface area contributed by atoms with E-state index in [1.54, 1.807) is 11.8 Å². The molecule has 0 radical (unpaired) electrons. The Morgan fingerprint density at radius 2 is 2.30 bits per heavy atom. The number of hydrogen-bond acceptors (Lipinski definition) is 4. The van der Waals surface area contributed by atoms with E-state index in [9.17, 15) is 0 Å². The largest absolute Gasteiger partial charge is 0.172 e. The average Bonchev–Trinajstić information content (AvgIpc) is 2.33. The molecule has 0 amide bonds. The molecule has 0 aliphatic rings. The van der Waals surface area contributed by atoms with Crippen molar-refractivity contribution in [3.8, 4) is 0 Å². The van der Waals surface area contributed by atoms with E-state index in [2.05, 4.69) is 15.3 Å². The van der Waals surface area contributed by atoms with Gasteiger partial charge in [-0.15, -0.1) is 11.8 Å². The normalized spacial score (nSPS) is 9.80. The summed E-state index contributed by atoms with van der Waals surface area (Å²) in [6.45, 7) is 5.74. The minimum atomic E-state index is 0.942. The van der Waals surface area contributed by atoms with Crippen LogP contribution in [0.5, 0.6) is 0 Å². The predicted octanol–water partition coefficient (Wildman–Crippen LogP) is 2.29. The molecule has 1 heterocycles. The second-order valence-corrected chi connectivity index (χ2v) is 3.23. The lowest BCUT2D eigenvalue weighted by Crippen LogP contribution is -1.79. The first-order valence-electron chi connectivity index (χ1n) is 2.78. The highest BCUT2D eigenvalue weighted by Crippen LogP contribution is 2.22. The van der Waals surface area contributed by atoms with E-state index in [-0.39, 0.29) is 0 Å². The molecule has 0 unspecified atom stereocenters. The molecule has 0 saturated carbocycles. The lowest BCUT2D eigenvalue weighted by molar-refractivity contribution is 1.22. The lowest BCUT2D eigenvalue weighted by Gasteiger charge is -1.92. The molecule has 0 spiro atoms. The van der Waals surface area contributed by atoms with Gasteiger partial charge in [0, 0.05) is 0 Å². The summed E-state index contributed by atoms with van der Waals surface area (Å²) < 4.78 is 8.19. The van der Waals surface area contributed by atoms with Crippen molar-refractivity contribution in [2.75, 3.05) is 6.26 Å². The standard InChI is InChI=1S/C6H8N2S2/c1-4(2)5-6(9-3)8-10-7-5/h1H2,2-3H3. The second-order valence-electron chi connectivity index (χ2n) is 1.90. The summed E-state index contributed by atoms with van der Waals surface area (Å²) >= 11 is 2.84. The van der Waals surface area contributed by atoms with E-state index in [0.29, 0.717) is 0 Å². The maximum atomic E-state index is 4.10. The summed E-state index contributed by atoms with van der Waals surface area (Å²) in [5, 5.41) is 0.984. The van der Waals surface area contributed by atoms with Crippen LogP contribution in [-0.4, -0.2) is 15.0 Å². The van der Waals surface area contributed by atoms with Crippen molar-refractivity contribution in [3.05, 3.63) is 12.3 Å². The van der Waals surface area contributed by atoms with Crippen molar-refractivity contribution in [1.82, 2.24) is 8.75 Å². The van der Waals surface area contributed by atoms with Gasteiger partial charge in [-0.3, -0.25) is 0 Å². The molecule has 1 aromatic heterocycles. The number of nitrogens with zero attached hydrogens (tertiary/aromatic N) is 2. The van der Waals surface area contributed by atoms with Gasteiger partial charge < -0.3 is 0 Å². The van der Waals surface area contributed by atoms with Crippen LogP contribution >= 0.6 is 23.5 Å². The first kappa shape index (κ1) is 7.75. The van der Waals surface area contributed by atoms with Crippen LogP contribution in [0.25, 0.3) is 5.57 Å². The molecule has 2 nitrogen and oxygen atoms in total. The number of thioether (sulfide) groups is 1. The van der Waals surface area contributed by atoms with E-state index in [0.717, 1.165) is 16.3 Å². The zero-order valence-corrected chi connectivity index (χ0v) is 7.55. The maximum Gasteiger partial charge on any atom is 0.137 e. The molecule has 1 rings (SSSR count). The van der Waals surface area contributed by atoms with Gasteiger partial charge in [-0.2, -0.15) is 8.75 Å². The molecule has 0 aromatic carbocycles. The highest BCUT2D eigenvalue weighted by atomic mass is 32.2. The smallest absolute Gasteiger partial charge is 0.137 e. The Morgan fingerprint density at radius 3 is 2.70 bits per heavy atom. The van der Waals surface area contributed by atoms with Gasteiger partial charge in [0.2, 0.25) is 0 Å². The zero-order valence-electron chi connectivity index (χ0n) is 5.92. The summed E-state index contributed by atoms with van der Waals surface area (Å²) in [7, 11) is 0. The van der Waals surface area contributed by atoms with Crippen molar-refractivity contribution in [3.63, 3.8) is 0 Å². The van der Waals surface area contributed by atoms with Crippen molar-refractivity contribution < 1.29 is 0 Å². The lowest BCUT2D eigenvalue weighted by atomic mass is 10.3. The zero-order chi connectivity index (χ0) is 7.56. The number of rotatable bonds is 2. The summed E-state index contributed by atoms with van der Waals surface area (Å²) in [5.74, 6) is 0. The Hall–Kier alpha value is -0.350. The Morgan fingerprint density at radius 1 is 1.60 bits per heavy atom. The number of allylic oxidation sites excluding steroid dienone is 1. The van der Waals surface area contributed by atoms with Crippen molar-refractivity contribution >= 4 is 29.1 Å². The monoisotopic (exact) mass is 172 g/mol. The minimum Gasteiger partial charge on any atom is -0.172 e. The molecule has 0 fully saturated rings. The van der Waals surface area contributed by atoms with Crippen molar-refractivity contribution in [2.24, 2.45) is 0 Å². The van der Waals surface area contributed by atoms with Crippen LogP contribution in [0.1, 0.15) is 12.6 Å². The van der Waals surface area contributed by atoms with Gasteiger partial charge in [-0.05, 0) is 18.8 Å². The molecule has 0 aliphatic heterocycles. The van der Waals surface area contributed by atoms with Crippen LogP contribution in [-0.2, 0) is 0 Å². The van der Waals surface area contributed by atoms with Crippen LogP contribution < -0.4 is 0 Å². The Balaban J connectivity index is 3.01. The van der Waals surface area contributed by atoms with Gasteiger partial charge >= 0.3 is 0 Å². The van der Waals surface area contributed by atoms with Crippen molar-refractivity contribution in [2.45, 2.75) is 11.9 Å². The molecule has 4 heteroatoms. The maximum absolute atomic E-state index is 4.10. The van der Waals surface area contributed by atoms with E-state index in [4.69, 9.17) is 0 Å². The third-order valence-electron chi connectivity index (χ3n) is 1.06. The van der Waals surface area contributed by atoms with Crippen molar-refractivity contribution in [1.29, 1.82) is 0 Å². The van der Waals surface area contributed by atoms with Crippen LogP contribution in [0.3, 0.4) is 0 Å². The fraction of sp³-hybridized carbons (Fsp3) is 0.333. The Bertz CT molecular complexity index is 242. The predicted molar refractivity (Wildman–Crippen MR) is 46.4 cm³/mol. The fourth-order valence-corrected chi connectivity index (χ4v) is 1.97. The van der Waals surface area contributed by atoms with Crippen LogP contribution in [0.15, 0.2) is 11.6 Å². The van der Waals surface area contributed by atoms with Crippen LogP contribution in [0.2, 0.25) is 0 Å². The average molecular weight is 172 g/mol. The second kappa shape index (κ2) is 3.16. The van der Waals surface area contributed by atoms with Crippen LogP contribution in [0, 0.1) is 0 Å². The van der Waals surface area contributed by atoms with E-state index in [1.807, 2.05) is 13.2 Å². The minimum absolute atomic E-state index is 0.942. The van der Waals surface area contributed by atoms with Gasteiger partial charge in [0.25, 0.3) is 0 Å². The van der Waals surface area contributed by atoms with E-state index < -0.39 is 0 Å². The summed E-state index contributed by atoms with van der Waals surface area (Å²) in [4.78, 5) is 0. The molecule has 0 atom stereocenters. The van der Waals surface area contributed by atoms with E-state index >= 15 is 0 Å². The first-order valence-corrected chi connectivity index (χ1v) is 4.73. The quantitative estimate of drug-likeness (QED) is 0.640. The molecule has 0 aliphatic carbocycles. The van der Waals surface area contributed by atoms with Gasteiger partial charge in [0.15, 0.2) is 0 Å². The van der Waals surface area contributed by atoms with Gasteiger partial charge in [0.05, 0.1) is 11.7 Å². The third kappa shape index (κ3) is 1.38. The molecule has 0 N–H and O–H groups in total. The molecule has 1 aromatic rings. The van der Waals surface area contributed by atoms with Gasteiger partial charge in [-0.25, -0.2) is 0 Å². The van der Waals surface area contributed by atoms with Crippen LogP contribution in [0.4, 0.5) is 0 Å². The molecular formula is C6H8N2S2. The fourth-order valence-electron chi connectivity index (χ4n) is 0.575.